The standard InChI is InChI=1S/C14H14N2OS2/c17-13(15-10-12-7-4-8-19-12)14(18)16-9-11-5-2-1-3-6-11/h1-8H,9-10H2,(H,15,17)(H,16,18). The summed E-state index contributed by atoms with van der Waals surface area (Å²) in [5.74, 6) is -0.237. The fourth-order valence-electron chi connectivity index (χ4n) is 1.52. The van der Waals surface area contributed by atoms with Gasteiger partial charge in [-0.2, -0.15) is 0 Å². The average Bonchev–Trinajstić information content (AvgIpc) is 2.96. The quantitative estimate of drug-likeness (QED) is 0.850. The van der Waals surface area contributed by atoms with E-state index in [0.717, 1.165) is 10.4 Å². The van der Waals surface area contributed by atoms with Gasteiger partial charge in [0, 0.05) is 11.4 Å². The van der Waals surface area contributed by atoms with Gasteiger partial charge in [-0.05, 0) is 17.0 Å². The van der Waals surface area contributed by atoms with E-state index in [9.17, 15) is 4.79 Å². The third-order valence-electron chi connectivity index (χ3n) is 2.51. The molecule has 0 spiro atoms. The molecule has 0 radical (unpaired) electrons. The third-order valence-corrected chi connectivity index (χ3v) is 3.71. The number of carbonyl (C=O) groups is 1. The molecule has 5 heteroatoms. The number of nitrogens with one attached hydrogen (secondary N) is 2. The van der Waals surface area contributed by atoms with Gasteiger partial charge in [0.2, 0.25) is 0 Å². The Bertz CT molecular complexity index is 538. The molecule has 1 aromatic carbocycles. The maximum atomic E-state index is 11.7. The molecular formula is C14H14N2OS2. The molecular weight excluding hydrogens is 276 g/mol. The Morgan fingerprint density at radius 2 is 1.84 bits per heavy atom. The van der Waals surface area contributed by atoms with Crippen molar-refractivity contribution in [1.29, 1.82) is 0 Å². The summed E-state index contributed by atoms with van der Waals surface area (Å²) in [6.07, 6.45) is 0. The van der Waals surface area contributed by atoms with Crippen molar-refractivity contribution >= 4 is 34.5 Å². The van der Waals surface area contributed by atoms with Crippen molar-refractivity contribution in [3.63, 3.8) is 0 Å². The fraction of sp³-hybridized carbons (Fsp3) is 0.143. The van der Waals surface area contributed by atoms with Crippen molar-refractivity contribution in [3.8, 4) is 0 Å². The number of carbonyl (C=O) groups excluding carboxylic acids is 1. The largest absolute Gasteiger partial charge is 0.368 e. The van der Waals surface area contributed by atoms with Crippen LogP contribution in [-0.4, -0.2) is 10.9 Å². The van der Waals surface area contributed by atoms with Gasteiger partial charge in [0.15, 0.2) is 4.99 Å². The molecule has 3 nitrogen and oxygen atoms in total. The van der Waals surface area contributed by atoms with Crippen LogP contribution in [0.3, 0.4) is 0 Å². The van der Waals surface area contributed by atoms with Gasteiger partial charge in [0.25, 0.3) is 5.91 Å². The first-order chi connectivity index (χ1) is 9.25. The van der Waals surface area contributed by atoms with Crippen LogP contribution in [0.2, 0.25) is 0 Å². The van der Waals surface area contributed by atoms with Gasteiger partial charge >= 0.3 is 0 Å². The molecule has 0 fully saturated rings. The second-order valence-corrected chi connectivity index (χ2v) is 5.37. The molecule has 2 N–H and O–H groups in total. The maximum absolute atomic E-state index is 11.7. The van der Waals surface area contributed by atoms with Gasteiger partial charge in [0.05, 0.1) is 6.54 Å². The van der Waals surface area contributed by atoms with E-state index >= 15 is 0 Å². The Morgan fingerprint density at radius 3 is 2.53 bits per heavy atom. The Hall–Kier alpha value is -1.72. The van der Waals surface area contributed by atoms with E-state index in [1.807, 2.05) is 47.8 Å². The van der Waals surface area contributed by atoms with Gasteiger partial charge in [-0.15, -0.1) is 11.3 Å². The molecule has 0 atom stereocenters. The summed E-state index contributed by atoms with van der Waals surface area (Å²) in [5, 5.41) is 7.72. The van der Waals surface area contributed by atoms with Gasteiger partial charge in [0.1, 0.15) is 0 Å². The van der Waals surface area contributed by atoms with Crippen LogP contribution in [0.15, 0.2) is 47.8 Å². The van der Waals surface area contributed by atoms with Crippen LogP contribution in [0.4, 0.5) is 0 Å². The Labute approximate surface area is 121 Å². The molecule has 1 aromatic heterocycles. The number of hydrogen-bond acceptors (Lipinski definition) is 3. The summed E-state index contributed by atoms with van der Waals surface area (Å²) in [5.41, 5.74) is 1.09. The van der Waals surface area contributed by atoms with Crippen LogP contribution < -0.4 is 10.6 Å². The number of amides is 1. The normalized spacial score (nSPS) is 9.89. The lowest BCUT2D eigenvalue weighted by molar-refractivity contribution is -0.114. The third kappa shape index (κ3) is 4.46. The van der Waals surface area contributed by atoms with Crippen molar-refractivity contribution in [3.05, 3.63) is 58.3 Å². The lowest BCUT2D eigenvalue weighted by Crippen LogP contribution is -2.37. The molecule has 0 aliphatic carbocycles. The predicted octanol–water partition coefficient (Wildman–Crippen LogP) is 2.48. The fourth-order valence-corrected chi connectivity index (χ4v) is 2.31. The smallest absolute Gasteiger partial charge is 0.278 e. The van der Waals surface area contributed by atoms with Crippen molar-refractivity contribution in [2.24, 2.45) is 0 Å². The summed E-state index contributed by atoms with van der Waals surface area (Å²) < 4.78 is 0. The molecule has 0 saturated carbocycles. The molecule has 98 valence electrons. The van der Waals surface area contributed by atoms with Crippen molar-refractivity contribution in [2.45, 2.75) is 13.1 Å². The highest BCUT2D eigenvalue weighted by molar-refractivity contribution is 7.82. The molecule has 0 aliphatic heterocycles. The zero-order valence-electron chi connectivity index (χ0n) is 10.3. The van der Waals surface area contributed by atoms with Crippen molar-refractivity contribution < 1.29 is 4.79 Å². The van der Waals surface area contributed by atoms with Gasteiger partial charge < -0.3 is 10.6 Å². The highest BCUT2D eigenvalue weighted by atomic mass is 32.1. The number of thiophene rings is 1. The van der Waals surface area contributed by atoms with Crippen LogP contribution in [-0.2, 0) is 17.9 Å². The minimum Gasteiger partial charge on any atom is -0.368 e. The van der Waals surface area contributed by atoms with E-state index in [1.54, 1.807) is 11.3 Å². The molecule has 0 bridgehead atoms. The van der Waals surface area contributed by atoms with E-state index in [1.165, 1.54) is 0 Å². The molecule has 2 aromatic rings. The molecule has 2 rings (SSSR count). The Balaban J connectivity index is 1.75. The topological polar surface area (TPSA) is 41.1 Å². The summed E-state index contributed by atoms with van der Waals surface area (Å²) >= 11 is 6.66. The predicted molar refractivity (Wildman–Crippen MR) is 82.0 cm³/mol. The first-order valence-electron chi connectivity index (χ1n) is 5.88. The summed E-state index contributed by atoms with van der Waals surface area (Å²) in [7, 11) is 0. The summed E-state index contributed by atoms with van der Waals surface area (Å²) in [4.78, 5) is 13.1. The number of benzene rings is 1. The first kappa shape index (κ1) is 13.7. The van der Waals surface area contributed by atoms with Gasteiger partial charge in [-0.3, -0.25) is 4.79 Å². The zero-order valence-corrected chi connectivity index (χ0v) is 11.9. The molecule has 0 aliphatic rings. The monoisotopic (exact) mass is 290 g/mol. The van der Waals surface area contributed by atoms with Gasteiger partial charge in [-0.25, -0.2) is 0 Å². The molecule has 1 heterocycles. The maximum Gasteiger partial charge on any atom is 0.278 e. The van der Waals surface area contributed by atoms with Crippen LogP contribution in [0.5, 0.6) is 0 Å². The zero-order chi connectivity index (χ0) is 13.5. The lowest BCUT2D eigenvalue weighted by Gasteiger charge is -2.08. The first-order valence-corrected chi connectivity index (χ1v) is 7.17. The van der Waals surface area contributed by atoms with Gasteiger partial charge in [-0.1, -0.05) is 48.6 Å². The Morgan fingerprint density at radius 1 is 1.05 bits per heavy atom. The second-order valence-electron chi connectivity index (χ2n) is 3.93. The van der Waals surface area contributed by atoms with E-state index in [0.29, 0.717) is 13.1 Å². The minimum atomic E-state index is -0.237. The van der Waals surface area contributed by atoms with E-state index in [4.69, 9.17) is 12.2 Å². The number of rotatable bonds is 4. The highest BCUT2D eigenvalue weighted by Crippen LogP contribution is 2.07. The molecule has 0 saturated heterocycles. The van der Waals surface area contributed by atoms with E-state index < -0.39 is 0 Å². The van der Waals surface area contributed by atoms with Crippen LogP contribution in [0, 0.1) is 0 Å². The van der Waals surface area contributed by atoms with E-state index in [2.05, 4.69) is 10.6 Å². The second kappa shape index (κ2) is 7.01. The average molecular weight is 290 g/mol. The van der Waals surface area contributed by atoms with Crippen LogP contribution in [0.25, 0.3) is 0 Å². The summed E-state index contributed by atoms with van der Waals surface area (Å²) in [6.45, 7) is 1.08. The van der Waals surface area contributed by atoms with E-state index in [-0.39, 0.29) is 10.9 Å². The van der Waals surface area contributed by atoms with Crippen molar-refractivity contribution in [2.75, 3.05) is 0 Å². The molecule has 0 unspecified atom stereocenters. The SMILES string of the molecule is O=C(NCc1cccs1)C(=S)NCc1ccccc1. The molecule has 1 amide bonds. The number of hydrogen-bond donors (Lipinski definition) is 2. The molecule has 19 heavy (non-hydrogen) atoms. The number of thiocarbonyl (C=S) groups is 1. The lowest BCUT2D eigenvalue weighted by atomic mass is 10.2. The highest BCUT2D eigenvalue weighted by Gasteiger charge is 2.08. The van der Waals surface area contributed by atoms with Crippen LogP contribution in [0.1, 0.15) is 10.4 Å². The Kier molecular flexibility index (Phi) is 5.06. The van der Waals surface area contributed by atoms with Crippen molar-refractivity contribution in [1.82, 2.24) is 10.6 Å². The minimum absolute atomic E-state index is 0.223. The van der Waals surface area contributed by atoms with Crippen LogP contribution >= 0.6 is 23.6 Å². The summed E-state index contributed by atoms with van der Waals surface area (Å²) in [6, 6.07) is 13.8.